The zero-order chi connectivity index (χ0) is 15.9. The van der Waals surface area contributed by atoms with E-state index >= 15 is 0 Å². The lowest BCUT2D eigenvalue weighted by Gasteiger charge is -2.24. The minimum Gasteiger partial charge on any atom is -0.383 e. The van der Waals surface area contributed by atoms with Crippen LogP contribution in [0.3, 0.4) is 0 Å². The van der Waals surface area contributed by atoms with E-state index in [0.717, 1.165) is 25.0 Å². The Morgan fingerprint density at radius 3 is 2.55 bits per heavy atom. The van der Waals surface area contributed by atoms with Gasteiger partial charge >= 0.3 is 0 Å². The highest BCUT2D eigenvalue weighted by Crippen LogP contribution is 2.55. The summed E-state index contributed by atoms with van der Waals surface area (Å²) in [5.74, 6) is -0.527. The average Bonchev–Trinajstić information content (AvgIpc) is 3.19. The van der Waals surface area contributed by atoms with E-state index in [1.165, 1.54) is 25.8 Å². The van der Waals surface area contributed by atoms with Crippen molar-refractivity contribution in [3.8, 4) is 0 Å². The van der Waals surface area contributed by atoms with Gasteiger partial charge in [-0.3, -0.25) is 4.79 Å². The Bertz CT molecular complexity index is 576. The van der Waals surface area contributed by atoms with Gasteiger partial charge in [0.05, 0.1) is 6.54 Å². The fourth-order valence-corrected chi connectivity index (χ4v) is 3.78. The van der Waals surface area contributed by atoms with Gasteiger partial charge in [-0.15, -0.1) is 0 Å². The molecule has 3 rings (SSSR count). The minimum absolute atomic E-state index is 0.0117. The SMILES string of the molecule is CC(O)(CNC(=O)C1C2CCCCC21)c1ccc(F)cc1F. The number of rotatable bonds is 4. The van der Waals surface area contributed by atoms with Crippen molar-refractivity contribution in [2.45, 2.75) is 38.2 Å². The lowest BCUT2D eigenvalue weighted by molar-refractivity contribution is -0.124. The maximum atomic E-state index is 13.8. The monoisotopic (exact) mass is 309 g/mol. The Kier molecular flexibility index (Phi) is 3.93. The predicted octanol–water partition coefficient (Wildman–Crippen LogP) is 2.72. The van der Waals surface area contributed by atoms with Crippen LogP contribution in [0.4, 0.5) is 8.78 Å². The van der Waals surface area contributed by atoms with E-state index in [1.54, 1.807) is 0 Å². The Morgan fingerprint density at radius 1 is 1.32 bits per heavy atom. The Morgan fingerprint density at radius 2 is 1.95 bits per heavy atom. The normalized spacial score (nSPS) is 29.4. The van der Waals surface area contributed by atoms with Crippen LogP contribution in [0, 0.1) is 29.4 Å². The predicted molar refractivity (Wildman–Crippen MR) is 77.9 cm³/mol. The number of aliphatic hydroxyl groups is 1. The minimum atomic E-state index is -1.56. The molecule has 2 aliphatic carbocycles. The number of benzene rings is 1. The van der Waals surface area contributed by atoms with Crippen molar-refractivity contribution in [1.82, 2.24) is 5.32 Å². The van der Waals surface area contributed by atoms with Crippen molar-refractivity contribution in [3.05, 3.63) is 35.4 Å². The van der Waals surface area contributed by atoms with Gasteiger partial charge in [-0.2, -0.15) is 0 Å². The van der Waals surface area contributed by atoms with Gasteiger partial charge in [-0.1, -0.05) is 18.9 Å². The highest BCUT2D eigenvalue weighted by Gasteiger charge is 2.54. The smallest absolute Gasteiger partial charge is 0.223 e. The molecule has 120 valence electrons. The summed E-state index contributed by atoms with van der Waals surface area (Å²) in [6.45, 7) is 1.34. The van der Waals surface area contributed by atoms with Gasteiger partial charge < -0.3 is 10.4 Å². The highest BCUT2D eigenvalue weighted by molar-refractivity contribution is 5.82. The van der Waals surface area contributed by atoms with Crippen molar-refractivity contribution >= 4 is 5.91 Å². The van der Waals surface area contributed by atoms with Crippen molar-refractivity contribution in [3.63, 3.8) is 0 Å². The highest BCUT2D eigenvalue weighted by atomic mass is 19.1. The molecule has 0 saturated heterocycles. The van der Waals surface area contributed by atoms with Crippen LogP contribution in [0.5, 0.6) is 0 Å². The zero-order valence-electron chi connectivity index (χ0n) is 12.6. The first-order valence-electron chi connectivity index (χ1n) is 7.86. The average molecular weight is 309 g/mol. The number of carbonyl (C=O) groups is 1. The van der Waals surface area contributed by atoms with Gasteiger partial charge in [0.2, 0.25) is 5.91 Å². The Balaban J connectivity index is 1.61. The Hall–Kier alpha value is -1.49. The molecule has 1 aromatic carbocycles. The van der Waals surface area contributed by atoms with E-state index in [0.29, 0.717) is 11.8 Å². The second-order valence-corrected chi connectivity index (χ2v) is 6.75. The van der Waals surface area contributed by atoms with Crippen LogP contribution in [0.15, 0.2) is 18.2 Å². The van der Waals surface area contributed by atoms with Gasteiger partial charge in [0, 0.05) is 17.5 Å². The summed E-state index contributed by atoms with van der Waals surface area (Å²) in [6.07, 6.45) is 4.57. The molecule has 0 radical (unpaired) electrons. The molecule has 1 amide bonds. The van der Waals surface area contributed by atoms with Crippen molar-refractivity contribution in [1.29, 1.82) is 0 Å². The third kappa shape index (κ3) is 2.86. The first-order chi connectivity index (χ1) is 10.4. The lowest BCUT2D eigenvalue weighted by Crippen LogP contribution is -2.40. The fraction of sp³-hybridized carbons (Fsp3) is 0.588. The van der Waals surface area contributed by atoms with Crippen LogP contribution >= 0.6 is 0 Å². The molecule has 0 spiro atoms. The number of amides is 1. The number of halogens is 2. The first kappa shape index (κ1) is 15.4. The number of fused-ring (bicyclic) bond motifs is 1. The third-order valence-electron chi connectivity index (χ3n) is 5.08. The molecule has 2 saturated carbocycles. The second-order valence-electron chi connectivity index (χ2n) is 6.75. The number of hydrogen-bond acceptors (Lipinski definition) is 2. The third-order valence-corrected chi connectivity index (χ3v) is 5.08. The van der Waals surface area contributed by atoms with Crippen LogP contribution in [0.2, 0.25) is 0 Å². The Labute approximate surface area is 128 Å². The van der Waals surface area contributed by atoms with E-state index in [2.05, 4.69) is 5.32 Å². The van der Waals surface area contributed by atoms with Crippen molar-refractivity contribution in [2.75, 3.05) is 6.54 Å². The molecule has 0 aromatic heterocycles. The molecule has 1 aromatic rings. The van der Waals surface area contributed by atoms with E-state index in [9.17, 15) is 18.7 Å². The fourth-order valence-electron chi connectivity index (χ4n) is 3.78. The molecule has 3 nitrogen and oxygen atoms in total. The van der Waals surface area contributed by atoms with E-state index in [-0.39, 0.29) is 23.9 Å². The molecule has 0 bridgehead atoms. The van der Waals surface area contributed by atoms with Crippen LogP contribution < -0.4 is 5.32 Å². The molecule has 22 heavy (non-hydrogen) atoms. The topological polar surface area (TPSA) is 49.3 Å². The van der Waals surface area contributed by atoms with Crippen LogP contribution in [0.1, 0.15) is 38.2 Å². The standard InChI is InChI=1S/C17H21F2NO2/c1-17(22,13-7-6-10(18)8-14(13)19)9-20-16(21)15-11-4-2-3-5-12(11)15/h6-8,11-12,15,22H,2-5,9H2,1H3,(H,20,21). The summed E-state index contributed by atoms with van der Waals surface area (Å²) in [6, 6.07) is 3.05. The quantitative estimate of drug-likeness (QED) is 0.898. The maximum absolute atomic E-state index is 13.8. The van der Waals surface area contributed by atoms with Gasteiger partial charge in [0.25, 0.3) is 0 Å². The van der Waals surface area contributed by atoms with E-state index in [4.69, 9.17) is 0 Å². The van der Waals surface area contributed by atoms with Gasteiger partial charge in [-0.25, -0.2) is 8.78 Å². The second kappa shape index (κ2) is 5.61. The molecule has 5 heteroatoms. The summed E-state index contributed by atoms with van der Waals surface area (Å²) in [7, 11) is 0. The number of hydrogen-bond donors (Lipinski definition) is 2. The van der Waals surface area contributed by atoms with Crippen molar-refractivity contribution < 1.29 is 18.7 Å². The van der Waals surface area contributed by atoms with Gasteiger partial charge in [0.15, 0.2) is 0 Å². The van der Waals surface area contributed by atoms with Gasteiger partial charge in [-0.05, 0) is 37.7 Å². The first-order valence-corrected chi connectivity index (χ1v) is 7.86. The van der Waals surface area contributed by atoms with Crippen LogP contribution in [-0.4, -0.2) is 17.6 Å². The summed E-state index contributed by atoms with van der Waals surface area (Å²) in [5.41, 5.74) is -1.57. The van der Waals surface area contributed by atoms with Crippen LogP contribution in [-0.2, 0) is 10.4 Å². The molecule has 2 N–H and O–H groups in total. The zero-order valence-corrected chi connectivity index (χ0v) is 12.6. The summed E-state index contributed by atoms with van der Waals surface area (Å²) in [4.78, 5) is 12.2. The molecule has 3 unspecified atom stereocenters. The maximum Gasteiger partial charge on any atom is 0.223 e. The number of carbonyl (C=O) groups excluding carboxylic acids is 1. The van der Waals surface area contributed by atoms with Gasteiger partial charge in [0.1, 0.15) is 17.2 Å². The molecule has 0 aliphatic heterocycles. The van der Waals surface area contributed by atoms with E-state index < -0.39 is 17.2 Å². The van der Waals surface area contributed by atoms with Crippen molar-refractivity contribution in [2.24, 2.45) is 17.8 Å². The molecular weight excluding hydrogens is 288 g/mol. The summed E-state index contributed by atoms with van der Waals surface area (Å²) >= 11 is 0. The summed E-state index contributed by atoms with van der Waals surface area (Å²) in [5, 5.41) is 13.1. The number of nitrogens with one attached hydrogen (secondary N) is 1. The molecule has 3 atom stereocenters. The molecule has 0 heterocycles. The molecule has 2 fully saturated rings. The summed E-state index contributed by atoms with van der Waals surface area (Å²) < 4.78 is 26.7. The molecule has 2 aliphatic rings. The lowest BCUT2D eigenvalue weighted by atomic mass is 9.95. The van der Waals surface area contributed by atoms with E-state index in [1.807, 2.05) is 0 Å². The van der Waals surface area contributed by atoms with Crippen LogP contribution in [0.25, 0.3) is 0 Å². The molecular formula is C17H21F2NO2. The largest absolute Gasteiger partial charge is 0.383 e.